The third kappa shape index (κ3) is 1.75. The van der Waals surface area contributed by atoms with Crippen molar-refractivity contribution in [3.63, 3.8) is 0 Å². The molecule has 1 aromatic heterocycles. The van der Waals surface area contributed by atoms with Gasteiger partial charge in [-0.25, -0.2) is 4.98 Å². The van der Waals surface area contributed by atoms with E-state index in [1.807, 2.05) is 12.1 Å². The van der Waals surface area contributed by atoms with Gasteiger partial charge >= 0.3 is 0 Å². The first-order valence-corrected chi connectivity index (χ1v) is 5.15. The van der Waals surface area contributed by atoms with E-state index in [2.05, 4.69) is 23.4 Å². The lowest BCUT2D eigenvalue weighted by Gasteiger charge is -1.97. The summed E-state index contributed by atoms with van der Waals surface area (Å²) in [6, 6.07) is 8.25. The number of rotatable bonds is 2. The van der Waals surface area contributed by atoms with Crippen molar-refractivity contribution in [1.29, 1.82) is 0 Å². The number of oxazole rings is 1. The average molecular weight is 191 g/mol. The van der Waals surface area contributed by atoms with Crippen LogP contribution in [0.5, 0.6) is 0 Å². The summed E-state index contributed by atoms with van der Waals surface area (Å²) in [4.78, 5) is 5.33. The lowest BCUT2D eigenvalue weighted by atomic mass is 10.2. The molecule has 0 spiro atoms. The molecule has 0 aliphatic rings. The van der Waals surface area contributed by atoms with Crippen LogP contribution in [0.15, 0.2) is 46.2 Å². The Morgan fingerprint density at radius 2 is 2.00 bits per heavy atom. The SMILES string of the molecule is CSc1ccc(-c2cocn2)cc1. The summed E-state index contributed by atoms with van der Waals surface area (Å²) in [5.74, 6) is 0. The molecule has 0 atom stereocenters. The Hall–Kier alpha value is -1.22. The first kappa shape index (κ1) is 8.38. The first-order valence-electron chi connectivity index (χ1n) is 3.93. The van der Waals surface area contributed by atoms with Crippen LogP contribution < -0.4 is 0 Å². The van der Waals surface area contributed by atoms with E-state index in [0.29, 0.717) is 0 Å². The minimum Gasteiger partial charge on any atom is -0.451 e. The molecule has 0 N–H and O–H groups in total. The molecular formula is C10H9NOS. The van der Waals surface area contributed by atoms with Crippen molar-refractivity contribution < 1.29 is 4.42 Å². The van der Waals surface area contributed by atoms with Gasteiger partial charge in [-0.1, -0.05) is 12.1 Å². The third-order valence-corrected chi connectivity index (χ3v) is 2.56. The Labute approximate surface area is 81.0 Å². The highest BCUT2D eigenvalue weighted by Crippen LogP contribution is 2.21. The lowest BCUT2D eigenvalue weighted by Crippen LogP contribution is -1.76. The lowest BCUT2D eigenvalue weighted by molar-refractivity contribution is 0.558. The van der Waals surface area contributed by atoms with E-state index >= 15 is 0 Å². The van der Waals surface area contributed by atoms with Crippen molar-refractivity contribution in [2.45, 2.75) is 4.90 Å². The Bertz CT molecular complexity index is 366. The van der Waals surface area contributed by atoms with Gasteiger partial charge in [0, 0.05) is 10.5 Å². The second kappa shape index (κ2) is 3.66. The summed E-state index contributed by atoms with van der Waals surface area (Å²) in [5.41, 5.74) is 1.97. The van der Waals surface area contributed by atoms with Gasteiger partial charge in [-0.3, -0.25) is 0 Å². The van der Waals surface area contributed by atoms with E-state index in [1.165, 1.54) is 11.3 Å². The molecule has 2 aromatic rings. The molecule has 0 radical (unpaired) electrons. The van der Waals surface area contributed by atoms with Gasteiger partial charge in [-0.15, -0.1) is 11.8 Å². The molecule has 0 saturated heterocycles. The molecule has 66 valence electrons. The van der Waals surface area contributed by atoms with Crippen molar-refractivity contribution in [3.05, 3.63) is 36.9 Å². The summed E-state index contributed by atoms with van der Waals surface area (Å²) in [7, 11) is 0. The van der Waals surface area contributed by atoms with Gasteiger partial charge in [0.1, 0.15) is 12.0 Å². The maximum Gasteiger partial charge on any atom is 0.181 e. The van der Waals surface area contributed by atoms with E-state index in [-0.39, 0.29) is 0 Å². The molecule has 0 saturated carbocycles. The maximum absolute atomic E-state index is 4.91. The van der Waals surface area contributed by atoms with Gasteiger partial charge < -0.3 is 4.42 Å². The highest BCUT2D eigenvalue weighted by atomic mass is 32.2. The number of nitrogens with zero attached hydrogens (tertiary/aromatic N) is 1. The normalized spacial score (nSPS) is 10.2. The molecule has 0 unspecified atom stereocenters. The smallest absolute Gasteiger partial charge is 0.181 e. The summed E-state index contributed by atoms with van der Waals surface area (Å²) < 4.78 is 4.91. The summed E-state index contributed by atoms with van der Waals surface area (Å²) in [5, 5.41) is 0. The van der Waals surface area contributed by atoms with Crippen molar-refractivity contribution in [2.75, 3.05) is 6.26 Å². The van der Waals surface area contributed by atoms with E-state index in [0.717, 1.165) is 11.3 Å². The van der Waals surface area contributed by atoms with Gasteiger partial charge in [0.2, 0.25) is 0 Å². The predicted molar refractivity (Wildman–Crippen MR) is 53.7 cm³/mol. The van der Waals surface area contributed by atoms with Crippen LogP contribution in [-0.2, 0) is 0 Å². The van der Waals surface area contributed by atoms with Crippen molar-refractivity contribution in [3.8, 4) is 11.3 Å². The maximum atomic E-state index is 4.91. The fraction of sp³-hybridized carbons (Fsp3) is 0.100. The monoisotopic (exact) mass is 191 g/mol. The fourth-order valence-corrected chi connectivity index (χ4v) is 1.53. The van der Waals surface area contributed by atoms with E-state index < -0.39 is 0 Å². The van der Waals surface area contributed by atoms with Gasteiger partial charge in [0.25, 0.3) is 0 Å². The molecule has 2 rings (SSSR count). The van der Waals surface area contributed by atoms with Crippen LogP contribution in [0.4, 0.5) is 0 Å². The van der Waals surface area contributed by atoms with Crippen molar-refractivity contribution >= 4 is 11.8 Å². The Morgan fingerprint density at radius 1 is 1.23 bits per heavy atom. The van der Waals surface area contributed by atoms with Crippen LogP contribution in [0, 0.1) is 0 Å². The molecule has 0 fully saturated rings. The molecular weight excluding hydrogens is 182 g/mol. The molecule has 2 nitrogen and oxygen atoms in total. The van der Waals surface area contributed by atoms with Crippen LogP contribution >= 0.6 is 11.8 Å². The van der Waals surface area contributed by atoms with Crippen molar-refractivity contribution in [1.82, 2.24) is 4.98 Å². The van der Waals surface area contributed by atoms with Crippen LogP contribution in [-0.4, -0.2) is 11.2 Å². The molecule has 1 heterocycles. The zero-order valence-corrected chi connectivity index (χ0v) is 8.04. The second-order valence-corrected chi connectivity index (χ2v) is 3.48. The highest BCUT2D eigenvalue weighted by molar-refractivity contribution is 7.98. The molecule has 13 heavy (non-hydrogen) atoms. The largest absolute Gasteiger partial charge is 0.451 e. The predicted octanol–water partition coefficient (Wildman–Crippen LogP) is 3.06. The highest BCUT2D eigenvalue weighted by Gasteiger charge is 1.99. The fourth-order valence-electron chi connectivity index (χ4n) is 1.12. The standard InChI is InChI=1S/C10H9NOS/c1-13-9-4-2-8(3-5-9)10-6-12-7-11-10/h2-7H,1H3. The second-order valence-electron chi connectivity index (χ2n) is 2.60. The van der Waals surface area contributed by atoms with E-state index in [4.69, 9.17) is 4.42 Å². The van der Waals surface area contributed by atoms with Gasteiger partial charge in [0.15, 0.2) is 6.39 Å². The molecule has 1 aromatic carbocycles. The van der Waals surface area contributed by atoms with Crippen LogP contribution in [0.3, 0.4) is 0 Å². The number of hydrogen-bond acceptors (Lipinski definition) is 3. The van der Waals surface area contributed by atoms with Gasteiger partial charge in [-0.2, -0.15) is 0 Å². The average Bonchev–Trinajstić information content (AvgIpc) is 2.71. The Morgan fingerprint density at radius 3 is 2.54 bits per heavy atom. The number of hydrogen-bond donors (Lipinski definition) is 0. The number of aromatic nitrogens is 1. The molecule has 3 heteroatoms. The van der Waals surface area contributed by atoms with Gasteiger partial charge in [-0.05, 0) is 18.4 Å². The van der Waals surface area contributed by atoms with E-state index in [1.54, 1.807) is 18.0 Å². The Kier molecular flexibility index (Phi) is 2.36. The third-order valence-electron chi connectivity index (χ3n) is 1.82. The molecule has 0 aliphatic heterocycles. The summed E-state index contributed by atoms with van der Waals surface area (Å²) in [6.45, 7) is 0. The number of thioether (sulfide) groups is 1. The summed E-state index contributed by atoms with van der Waals surface area (Å²) in [6.07, 6.45) is 5.15. The quantitative estimate of drug-likeness (QED) is 0.682. The summed E-state index contributed by atoms with van der Waals surface area (Å²) >= 11 is 1.73. The van der Waals surface area contributed by atoms with Crippen LogP contribution in [0.25, 0.3) is 11.3 Å². The van der Waals surface area contributed by atoms with Crippen LogP contribution in [0.2, 0.25) is 0 Å². The topological polar surface area (TPSA) is 26.0 Å². The van der Waals surface area contributed by atoms with Crippen LogP contribution in [0.1, 0.15) is 0 Å². The first-order chi connectivity index (χ1) is 6.40. The zero-order chi connectivity index (χ0) is 9.10. The van der Waals surface area contributed by atoms with Gasteiger partial charge in [0.05, 0.1) is 0 Å². The Balaban J connectivity index is 2.33. The minimum absolute atomic E-state index is 0.882. The van der Waals surface area contributed by atoms with E-state index in [9.17, 15) is 0 Å². The zero-order valence-electron chi connectivity index (χ0n) is 7.23. The minimum atomic E-state index is 0.882. The molecule has 0 bridgehead atoms. The van der Waals surface area contributed by atoms with Crippen molar-refractivity contribution in [2.24, 2.45) is 0 Å². The molecule has 0 aliphatic carbocycles. The molecule has 0 amide bonds. The number of benzene rings is 1.